The summed E-state index contributed by atoms with van der Waals surface area (Å²) in [6, 6.07) is 0. The predicted molar refractivity (Wildman–Crippen MR) is 66.2 cm³/mol. The monoisotopic (exact) mass is 228 g/mol. The number of carbonyl (C=O) groups is 1. The standard InChI is InChI=1S/C11H20N2OS/c1-3-5-12-11(14)9-13-6-7-15-10(4-2)8-13/h3,10H,1,4-9H2,2H3,(H,12,14)/t10-/m0/s1. The van der Waals surface area contributed by atoms with E-state index in [-0.39, 0.29) is 5.91 Å². The number of amides is 1. The van der Waals surface area contributed by atoms with E-state index in [1.54, 1.807) is 6.08 Å². The van der Waals surface area contributed by atoms with Crippen LogP contribution in [0.15, 0.2) is 12.7 Å². The lowest BCUT2D eigenvalue weighted by Gasteiger charge is -2.31. The molecule has 1 saturated heterocycles. The SMILES string of the molecule is C=CCNC(=O)CN1CCS[C@@H](CC)C1. The van der Waals surface area contributed by atoms with Crippen LogP contribution in [0.2, 0.25) is 0 Å². The summed E-state index contributed by atoms with van der Waals surface area (Å²) < 4.78 is 0. The molecule has 0 aliphatic carbocycles. The van der Waals surface area contributed by atoms with Crippen molar-refractivity contribution in [3.63, 3.8) is 0 Å². The molecular formula is C11H20N2OS. The van der Waals surface area contributed by atoms with Crippen molar-refractivity contribution in [3.05, 3.63) is 12.7 Å². The van der Waals surface area contributed by atoms with Gasteiger partial charge in [-0.25, -0.2) is 0 Å². The molecule has 1 aliphatic heterocycles. The molecule has 0 radical (unpaired) electrons. The van der Waals surface area contributed by atoms with Crippen molar-refractivity contribution < 1.29 is 4.79 Å². The molecule has 4 heteroatoms. The van der Waals surface area contributed by atoms with Crippen molar-refractivity contribution in [1.29, 1.82) is 0 Å². The normalized spacial score (nSPS) is 22.3. The van der Waals surface area contributed by atoms with E-state index in [1.165, 1.54) is 6.42 Å². The van der Waals surface area contributed by atoms with Crippen molar-refractivity contribution in [2.24, 2.45) is 0 Å². The zero-order valence-corrected chi connectivity index (χ0v) is 10.2. The van der Waals surface area contributed by atoms with E-state index >= 15 is 0 Å². The van der Waals surface area contributed by atoms with Gasteiger partial charge in [-0.15, -0.1) is 6.58 Å². The van der Waals surface area contributed by atoms with Crippen molar-refractivity contribution in [3.8, 4) is 0 Å². The molecule has 0 unspecified atom stereocenters. The van der Waals surface area contributed by atoms with Gasteiger partial charge in [0.2, 0.25) is 5.91 Å². The molecule has 0 bridgehead atoms. The molecule has 1 amide bonds. The highest BCUT2D eigenvalue weighted by Gasteiger charge is 2.20. The molecule has 1 atom stereocenters. The van der Waals surface area contributed by atoms with E-state index in [9.17, 15) is 4.79 Å². The lowest BCUT2D eigenvalue weighted by Crippen LogP contribution is -2.43. The number of nitrogens with zero attached hydrogens (tertiary/aromatic N) is 1. The van der Waals surface area contributed by atoms with Crippen molar-refractivity contribution in [2.75, 3.05) is 31.9 Å². The van der Waals surface area contributed by atoms with E-state index in [0.29, 0.717) is 18.3 Å². The van der Waals surface area contributed by atoms with Crippen LogP contribution in [0.3, 0.4) is 0 Å². The van der Waals surface area contributed by atoms with Gasteiger partial charge in [0.05, 0.1) is 6.54 Å². The molecule has 1 heterocycles. The van der Waals surface area contributed by atoms with Crippen molar-refractivity contribution in [1.82, 2.24) is 10.2 Å². The van der Waals surface area contributed by atoms with Crippen LogP contribution in [0.25, 0.3) is 0 Å². The minimum absolute atomic E-state index is 0.108. The van der Waals surface area contributed by atoms with E-state index in [0.717, 1.165) is 18.8 Å². The molecule has 0 spiro atoms. The quantitative estimate of drug-likeness (QED) is 0.716. The average Bonchev–Trinajstić information content (AvgIpc) is 2.26. The summed E-state index contributed by atoms with van der Waals surface area (Å²) in [7, 11) is 0. The number of hydrogen-bond donors (Lipinski definition) is 1. The molecule has 1 N–H and O–H groups in total. The highest BCUT2D eigenvalue weighted by Crippen LogP contribution is 2.20. The van der Waals surface area contributed by atoms with Gasteiger partial charge in [-0.1, -0.05) is 13.0 Å². The second-order valence-corrected chi connectivity index (χ2v) is 5.14. The van der Waals surface area contributed by atoms with Gasteiger partial charge in [0, 0.05) is 30.6 Å². The van der Waals surface area contributed by atoms with Crippen LogP contribution in [0.1, 0.15) is 13.3 Å². The van der Waals surface area contributed by atoms with Gasteiger partial charge >= 0.3 is 0 Å². The van der Waals surface area contributed by atoms with Crippen LogP contribution >= 0.6 is 11.8 Å². The Morgan fingerprint density at radius 3 is 3.20 bits per heavy atom. The van der Waals surface area contributed by atoms with Crippen molar-refractivity contribution >= 4 is 17.7 Å². The second kappa shape index (κ2) is 6.90. The fraction of sp³-hybridized carbons (Fsp3) is 0.727. The van der Waals surface area contributed by atoms with E-state index < -0.39 is 0 Å². The second-order valence-electron chi connectivity index (χ2n) is 3.73. The maximum atomic E-state index is 11.5. The summed E-state index contributed by atoms with van der Waals surface area (Å²) >= 11 is 2.02. The van der Waals surface area contributed by atoms with Crippen LogP contribution in [0.4, 0.5) is 0 Å². The minimum Gasteiger partial charge on any atom is -0.352 e. The smallest absolute Gasteiger partial charge is 0.234 e. The Kier molecular flexibility index (Phi) is 5.79. The van der Waals surface area contributed by atoms with Gasteiger partial charge in [-0.05, 0) is 6.42 Å². The summed E-state index contributed by atoms with van der Waals surface area (Å²) in [4.78, 5) is 13.7. The minimum atomic E-state index is 0.108. The maximum Gasteiger partial charge on any atom is 0.234 e. The Morgan fingerprint density at radius 2 is 2.53 bits per heavy atom. The Labute approximate surface area is 96.3 Å². The third kappa shape index (κ3) is 4.71. The lowest BCUT2D eigenvalue weighted by molar-refractivity contribution is -0.122. The molecule has 1 aliphatic rings. The Hall–Kier alpha value is -0.480. The van der Waals surface area contributed by atoms with Crippen LogP contribution in [-0.4, -0.2) is 48.0 Å². The van der Waals surface area contributed by atoms with E-state index in [4.69, 9.17) is 0 Å². The lowest BCUT2D eigenvalue weighted by atomic mass is 10.3. The summed E-state index contributed by atoms with van der Waals surface area (Å²) in [5, 5.41) is 3.51. The summed E-state index contributed by atoms with van der Waals surface area (Å²) in [6.07, 6.45) is 2.90. The number of rotatable bonds is 5. The molecule has 3 nitrogen and oxygen atoms in total. The number of thioether (sulfide) groups is 1. The Balaban J connectivity index is 2.24. The Morgan fingerprint density at radius 1 is 1.73 bits per heavy atom. The average molecular weight is 228 g/mol. The highest BCUT2D eigenvalue weighted by atomic mass is 32.2. The van der Waals surface area contributed by atoms with Gasteiger partial charge in [0.15, 0.2) is 0 Å². The van der Waals surface area contributed by atoms with Crippen LogP contribution < -0.4 is 5.32 Å². The molecule has 0 aromatic heterocycles. The van der Waals surface area contributed by atoms with Crippen LogP contribution in [0, 0.1) is 0 Å². The molecule has 1 fully saturated rings. The molecular weight excluding hydrogens is 208 g/mol. The topological polar surface area (TPSA) is 32.3 Å². The summed E-state index contributed by atoms with van der Waals surface area (Å²) in [5.41, 5.74) is 0. The molecule has 0 aromatic rings. The highest BCUT2D eigenvalue weighted by molar-refractivity contribution is 8.00. The molecule has 1 rings (SSSR count). The Bertz CT molecular complexity index is 221. The van der Waals surface area contributed by atoms with Gasteiger partial charge in [0.1, 0.15) is 0 Å². The zero-order valence-electron chi connectivity index (χ0n) is 9.37. The first-order valence-electron chi connectivity index (χ1n) is 5.47. The number of carbonyl (C=O) groups excluding carboxylic acids is 1. The zero-order chi connectivity index (χ0) is 11.1. The summed E-state index contributed by atoms with van der Waals surface area (Å²) in [6.45, 7) is 8.96. The third-order valence-corrected chi connectivity index (χ3v) is 3.86. The fourth-order valence-electron chi connectivity index (χ4n) is 1.62. The number of hydrogen-bond acceptors (Lipinski definition) is 3. The fourth-order valence-corrected chi connectivity index (χ4v) is 2.86. The van der Waals surface area contributed by atoms with E-state index in [1.807, 2.05) is 11.8 Å². The number of nitrogens with one attached hydrogen (secondary N) is 1. The molecule has 15 heavy (non-hydrogen) atoms. The maximum absolute atomic E-state index is 11.5. The van der Waals surface area contributed by atoms with Gasteiger partial charge in [0.25, 0.3) is 0 Å². The predicted octanol–water partition coefficient (Wildman–Crippen LogP) is 1.12. The molecule has 0 saturated carbocycles. The van der Waals surface area contributed by atoms with Gasteiger partial charge in [-0.2, -0.15) is 11.8 Å². The first kappa shape index (κ1) is 12.6. The molecule has 86 valence electrons. The van der Waals surface area contributed by atoms with E-state index in [2.05, 4.69) is 23.7 Å². The van der Waals surface area contributed by atoms with Crippen molar-refractivity contribution in [2.45, 2.75) is 18.6 Å². The largest absolute Gasteiger partial charge is 0.352 e. The third-order valence-electron chi connectivity index (χ3n) is 2.49. The summed E-state index contributed by atoms with van der Waals surface area (Å²) in [5.74, 6) is 1.25. The first-order chi connectivity index (χ1) is 7.26. The first-order valence-corrected chi connectivity index (χ1v) is 6.52. The molecule has 0 aromatic carbocycles. The van der Waals surface area contributed by atoms with Crippen LogP contribution in [-0.2, 0) is 4.79 Å². The van der Waals surface area contributed by atoms with Crippen LogP contribution in [0.5, 0.6) is 0 Å². The van der Waals surface area contributed by atoms with Gasteiger partial charge < -0.3 is 5.32 Å². The van der Waals surface area contributed by atoms with Gasteiger partial charge in [-0.3, -0.25) is 9.69 Å².